The lowest BCUT2D eigenvalue weighted by Gasteiger charge is -2.18. The molecule has 1 amide bonds. The lowest BCUT2D eigenvalue weighted by atomic mass is 10.0. The van der Waals surface area contributed by atoms with Crippen molar-refractivity contribution in [2.45, 2.75) is 24.3 Å². The van der Waals surface area contributed by atoms with E-state index < -0.39 is 0 Å². The molecule has 0 atom stereocenters. The first-order valence-electron chi connectivity index (χ1n) is 8.95. The molecule has 0 saturated heterocycles. The van der Waals surface area contributed by atoms with E-state index in [4.69, 9.17) is 0 Å². The van der Waals surface area contributed by atoms with Gasteiger partial charge in [0.1, 0.15) is 0 Å². The Hall–Kier alpha value is -2.11. The Morgan fingerprint density at radius 3 is 2.77 bits per heavy atom. The number of thioether (sulfide) groups is 1. The van der Waals surface area contributed by atoms with Gasteiger partial charge in [-0.25, -0.2) is 0 Å². The fraction of sp³-hybridized carbons (Fsp3) is 0.333. The number of carbonyl (C=O) groups excluding carboxylic acids is 2. The van der Waals surface area contributed by atoms with Gasteiger partial charge in [0.2, 0.25) is 0 Å². The maximum Gasteiger partial charge on any atom is 0.252 e. The minimum absolute atomic E-state index is 0.0882. The Kier molecular flexibility index (Phi) is 6.47. The molecule has 2 aromatic rings. The van der Waals surface area contributed by atoms with E-state index in [0.717, 1.165) is 30.2 Å². The average Bonchev–Trinajstić information content (AvgIpc) is 2.66. The van der Waals surface area contributed by atoms with E-state index in [1.54, 1.807) is 23.9 Å². The summed E-state index contributed by atoms with van der Waals surface area (Å²) >= 11 is 1.60. The van der Waals surface area contributed by atoms with Crippen molar-refractivity contribution in [3.63, 3.8) is 0 Å². The molecule has 0 bridgehead atoms. The van der Waals surface area contributed by atoms with Crippen LogP contribution in [0.25, 0.3) is 0 Å². The monoisotopic (exact) mass is 368 g/mol. The van der Waals surface area contributed by atoms with Gasteiger partial charge in [-0.15, -0.1) is 11.8 Å². The third kappa shape index (κ3) is 4.74. The molecule has 3 rings (SSSR count). The van der Waals surface area contributed by atoms with Gasteiger partial charge in [-0.1, -0.05) is 42.5 Å². The molecule has 1 aliphatic heterocycles. The molecule has 1 heterocycles. The number of hydrogen-bond donors (Lipinski definition) is 1. The Balaban J connectivity index is 1.48. The van der Waals surface area contributed by atoms with Crippen LogP contribution in [0.5, 0.6) is 0 Å². The molecular formula is C21H24N2O2S. The number of nitrogens with one attached hydrogen (secondary N) is 1. The summed E-state index contributed by atoms with van der Waals surface area (Å²) in [6.45, 7) is 2.44. The van der Waals surface area contributed by atoms with Gasteiger partial charge in [0.05, 0.1) is 5.56 Å². The summed E-state index contributed by atoms with van der Waals surface area (Å²) in [6.07, 6.45) is 1.44. The summed E-state index contributed by atoms with van der Waals surface area (Å²) in [5.74, 6) is 0.797. The Bertz CT molecular complexity index is 777. The lowest BCUT2D eigenvalue weighted by Crippen LogP contribution is -2.29. The predicted molar refractivity (Wildman–Crippen MR) is 106 cm³/mol. The van der Waals surface area contributed by atoms with Crippen LogP contribution in [0.4, 0.5) is 0 Å². The van der Waals surface area contributed by atoms with Crippen molar-refractivity contribution in [1.29, 1.82) is 0 Å². The second-order valence-corrected chi connectivity index (χ2v) is 7.64. The second kappa shape index (κ2) is 9.01. The molecule has 0 aromatic heterocycles. The number of fused-ring (bicyclic) bond motifs is 1. The number of nitrogens with zero attached hydrogens (tertiary/aromatic N) is 1. The molecule has 0 radical (unpaired) electrons. The summed E-state index contributed by atoms with van der Waals surface area (Å²) < 4.78 is 0. The summed E-state index contributed by atoms with van der Waals surface area (Å²) in [5.41, 5.74) is 2.60. The standard InChI is InChI=1S/C21H24N2O2S/c1-23(15-16-7-3-2-4-8-16)13-6-12-22-21(25)18-10-5-9-17-19(24)11-14-26-20(17)18/h2-5,7-10H,6,11-15H2,1H3,(H,22,25). The molecule has 0 unspecified atom stereocenters. The van der Waals surface area contributed by atoms with Gasteiger partial charge in [0, 0.05) is 35.7 Å². The van der Waals surface area contributed by atoms with Crippen LogP contribution in [-0.4, -0.2) is 42.5 Å². The summed E-state index contributed by atoms with van der Waals surface area (Å²) in [5, 5.41) is 2.99. The average molecular weight is 369 g/mol. The van der Waals surface area contributed by atoms with E-state index in [0.29, 0.717) is 24.1 Å². The number of carbonyl (C=O) groups is 2. The first kappa shape index (κ1) is 18.7. The number of rotatable bonds is 7. The number of benzene rings is 2. The molecule has 2 aromatic carbocycles. The van der Waals surface area contributed by atoms with Crippen LogP contribution in [0.1, 0.15) is 39.1 Å². The van der Waals surface area contributed by atoms with E-state index in [-0.39, 0.29) is 11.7 Å². The van der Waals surface area contributed by atoms with Crippen molar-refractivity contribution in [2.75, 3.05) is 25.9 Å². The molecule has 1 N–H and O–H groups in total. The fourth-order valence-corrected chi connectivity index (χ4v) is 4.24. The van der Waals surface area contributed by atoms with E-state index in [1.165, 1.54) is 5.56 Å². The SMILES string of the molecule is CN(CCCNC(=O)c1cccc2c1SCCC2=O)Cc1ccccc1. The maximum absolute atomic E-state index is 12.5. The molecule has 0 fully saturated rings. The summed E-state index contributed by atoms with van der Waals surface area (Å²) in [7, 11) is 2.09. The number of Topliss-reactive ketones (excluding diaryl/α,β-unsaturated/α-hetero) is 1. The van der Waals surface area contributed by atoms with Crippen molar-refractivity contribution < 1.29 is 9.59 Å². The first-order chi connectivity index (χ1) is 12.6. The summed E-state index contributed by atoms with van der Waals surface area (Å²) in [4.78, 5) is 27.6. The largest absolute Gasteiger partial charge is 0.352 e. The smallest absolute Gasteiger partial charge is 0.252 e. The van der Waals surface area contributed by atoms with Gasteiger partial charge in [-0.05, 0) is 31.6 Å². The molecule has 0 aliphatic carbocycles. The first-order valence-corrected chi connectivity index (χ1v) is 9.93. The Morgan fingerprint density at radius 2 is 1.96 bits per heavy atom. The van der Waals surface area contributed by atoms with Crippen LogP contribution in [-0.2, 0) is 6.54 Å². The Morgan fingerprint density at radius 1 is 1.15 bits per heavy atom. The summed E-state index contributed by atoms with van der Waals surface area (Å²) in [6, 6.07) is 15.8. The van der Waals surface area contributed by atoms with E-state index in [9.17, 15) is 9.59 Å². The predicted octanol–water partition coefficient (Wildman–Crippen LogP) is 3.62. The van der Waals surface area contributed by atoms with Crippen LogP contribution in [0.15, 0.2) is 53.4 Å². The van der Waals surface area contributed by atoms with Gasteiger partial charge < -0.3 is 10.2 Å². The van der Waals surface area contributed by atoms with Crippen molar-refractivity contribution in [3.05, 3.63) is 65.2 Å². The van der Waals surface area contributed by atoms with Crippen molar-refractivity contribution in [2.24, 2.45) is 0 Å². The van der Waals surface area contributed by atoms with Crippen LogP contribution in [0, 0.1) is 0 Å². The van der Waals surface area contributed by atoms with Gasteiger partial charge in [-0.2, -0.15) is 0 Å². The zero-order valence-corrected chi connectivity index (χ0v) is 15.8. The molecule has 0 spiro atoms. The third-order valence-corrected chi connectivity index (χ3v) is 5.57. The van der Waals surface area contributed by atoms with Crippen molar-refractivity contribution in [3.8, 4) is 0 Å². The quantitative estimate of drug-likeness (QED) is 0.759. The van der Waals surface area contributed by atoms with Crippen molar-refractivity contribution >= 4 is 23.5 Å². The third-order valence-electron chi connectivity index (χ3n) is 4.43. The molecule has 26 heavy (non-hydrogen) atoms. The maximum atomic E-state index is 12.5. The highest BCUT2D eigenvalue weighted by Gasteiger charge is 2.22. The molecule has 5 heteroatoms. The normalized spacial score (nSPS) is 13.5. The zero-order chi connectivity index (χ0) is 18.4. The van der Waals surface area contributed by atoms with Crippen molar-refractivity contribution in [1.82, 2.24) is 10.2 Å². The number of ketones is 1. The highest BCUT2D eigenvalue weighted by atomic mass is 32.2. The molecule has 136 valence electrons. The molecular weight excluding hydrogens is 344 g/mol. The minimum Gasteiger partial charge on any atom is -0.352 e. The van der Waals surface area contributed by atoms with E-state index in [1.807, 2.05) is 24.3 Å². The van der Waals surface area contributed by atoms with Crippen LogP contribution < -0.4 is 5.32 Å². The Labute approximate surface area is 159 Å². The van der Waals surface area contributed by atoms with E-state index >= 15 is 0 Å². The topological polar surface area (TPSA) is 49.4 Å². The van der Waals surface area contributed by atoms with Crippen LogP contribution in [0.3, 0.4) is 0 Å². The fourth-order valence-electron chi connectivity index (χ4n) is 3.09. The van der Waals surface area contributed by atoms with E-state index in [2.05, 4.69) is 29.4 Å². The van der Waals surface area contributed by atoms with Gasteiger partial charge in [0.15, 0.2) is 5.78 Å². The second-order valence-electron chi connectivity index (χ2n) is 6.54. The minimum atomic E-state index is -0.0882. The lowest BCUT2D eigenvalue weighted by molar-refractivity contribution is 0.0948. The zero-order valence-electron chi connectivity index (χ0n) is 15.0. The molecule has 0 saturated carbocycles. The van der Waals surface area contributed by atoms with Crippen LogP contribution >= 0.6 is 11.8 Å². The van der Waals surface area contributed by atoms with Gasteiger partial charge >= 0.3 is 0 Å². The highest BCUT2D eigenvalue weighted by Crippen LogP contribution is 2.32. The molecule has 4 nitrogen and oxygen atoms in total. The number of amides is 1. The number of hydrogen-bond acceptors (Lipinski definition) is 4. The van der Waals surface area contributed by atoms with Crippen LogP contribution in [0.2, 0.25) is 0 Å². The molecule has 1 aliphatic rings. The highest BCUT2D eigenvalue weighted by molar-refractivity contribution is 7.99. The van der Waals surface area contributed by atoms with Gasteiger partial charge in [-0.3, -0.25) is 9.59 Å². The van der Waals surface area contributed by atoms with Gasteiger partial charge in [0.25, 0.3) is 5.91 Å².